The summed E-state index contributed by atoms with van der Waals surface area (Å²) < 4.78 is 21.2. The maximum Gasteiger partial charge on any atom is 0.363 e. The Morgan fingerprint density at radius 3 is 2.18 bits per heavy atom. The normalized spacial score (nSPS) is 14.3. The molecule has 4 aromatic rings. The van der Waals surface area contributed by atoms with Crippen molar-refractivity contribution in [3.05, 3.63) is 71.1 Å². The number of anilines is 2. The number of nitrogens with one attached hydrogen (secondary N) is 4. The molecule has 0 unspecified atom stereocenters. The number of aliphatic imine (C=N–C) groups is 2. The number of imidazole rings is 2. The van der Waals surface area contributed by atoms with Gasteiger partial charge in [-0.2, -0.15) is 0 Å². The van der Waals surface area contributed by atoms with Crippen molar-refractivity contribution in [3.8, 4) is 11.5 Å². The van der Waals surface area contributed by atoms with Crippen molar-refractivity contribution in [1.29, 1.82) is 0 Å². The molecule has 1 aliphatic heterocycles. The number of nitrogens with zero attached hydrogens (tertiary/aromatic N) is 7. The summed E-state index contributed by atoms with van der Waals surface area (Å²) in [6.45, 7) is 12.1. The first kappa shape index (κ1) is 48.9. The van der Waals surface area contributed by atoms with Gasteiger partial charge in [0.25, 0.3) is 11.8 Å². The van der Waals surface area contributed by atoms with Crippen LogP contribution in [0.4, 0.5) is 11.9 Å². The number of benzene rings is 2. The summed E-state index contributed by atoms with van der Waals surface area (Å²) in [7, 11) is 4.71. The van der Waals surface area contributed by atoms with Crippen molar-refractivity contribution in [1.82, 2.24) is 29.9 Å². The molecule has 2 aromatic heterocycles. The van der Waals surface area contributed by atoms with Crippen LogP contribution < -0.4 is 47.3 Å². The highest BCUT2D eigenvalue weighted by Crippen LogP contribution is 2.31. The number of hydrogen-bond acceptors (Lipinski definition) is 14. The molecular formula is C44H61N14O7+. The number of carbonyl (C=O) groups excluding carboxylic acids is 4. The van der Waals surface area contributed by atoms with Gasteiger partial charge in [0.2, 0.25) is 11.9 Å². The third-order valence-electron chi connectivity index (χ3n) is 10.1. The third-order valence-corrected chi connectivity index (χ3v) is 10.1. The third kappa shape index (κ3) is 12.5. The smallest absolute Gasteiger partial charge is 0.363 e. The van der Waals surface area contributed by atoms with E-state index in [1.54, 1.807) is 51.6 Å². The molecule has 4 amide bonds. The lowest BCUT2D eigenvalue weighted by Crippen LogP contribution is -2.39. The summed E-state index contributed by atoms with van der Waals surface area (Å²) in [5.74, 6) is -0.939. The van der Waals surface area contributed by atoms with Crippen molar-refractivity contribution < 1.29 is 38.0 Å². The van der Waals surface area contributed by atoms with Gasteiger partial charge in [-0.05, 0) is 70.5 Å². The number of aromatic amines is 1. The number of hydrazine groups is 1. The number of fused-ring (bicyclic) bond motifs is 2. The van der Waals surface area contributed by atoms with E-state index in [-0.39, 0.29) is 47.9 Å². The summed E-state index contributed by atoms with van der Waals surface area (Å²) in [5, 5.41) is 7.16. The van der Waals surface area contributed by atoms with Gasteiger partial charge in [-0.1, -0.05) is 12.2 Å². The van der Waals surface area contributed by atoms with Crippen LogP contribution in [-0.4, -0.2) is 133 Å². The van der Waals surface area contributed by atoms with Crippen LogP contribution in [-0.2, 0) is 27.4 Å². The van der Waals surface area contributed by atoms with Gasteiger partial charge in [0.1, 0.15) is 28.2 Å². The predicted molar refractivity (Wildman–Crippen MR) is 250 cm³/mol. The van der Waals surface area contributed by atoms with Gasteiger partial charge in [0, 0.05) is 75.9 Å². The number of nitrogens with two attached hydrogens (primary N) is 3. The van der Waals surface area contributed by atoms with Crippen molar-refractivity contribution in [3.63, 3.8) is 0 Å². The number of allylic oxidation sites excluding steroid dienone is 4. The first-order chi connectivity index (χ1) is 31.2. The summed E-state index contributed by atoms with van der Waals surface area (Å²) in [6.07, 6.45) is 7.37. The van der Waals surface area contributed by atoms with Gasteiger partial charge in [0.05, 0.1) is 39.0 Å². The van der Waals surface area contributed by atoms with Crippen LogP contribution >= 0.6 is 0 Å². The highest BCUT2D eigenvalue weighted by molar-refractivity contribution is 6.47. The summed E-state index contributed by atoms with van der Waals surface area (Å²) in [4.78, 5) is 72.2. The summed E-state index contributed by atoms with van der Waals surface area (Å²) in [5.41, 5.74) is 23.8. The molecule has 0 saturated carbocycles. The zero-order valence-corrected chi connectivity index (χ0v) is 38.1. The molecule has 1 aliphatic rings. The quantitative estimate of drug-likeness (QED) is 0.0208. The Hall–Kier alpha value is -7.10. The SMILES string of the molecule is CCN=C(/C=C(/C)N)C(=O)Nc1nc2cc(C(N)=O)cc(OC)c2n1C/C=C/C[n+]1c(NC(=O)C(/C=C(/C)N)=NCC)[nH]c2cc(C(=O)N(C)NC)cc(OCCCN3CCOCC3)c21. The Morgan fingerprint density at radius 1 is 0.938 bits per heavy atom. The monoisotopic (exact) mass is 897 g/mol. The van der Waals surface area contributed by atoms with E-state index >= 15 is 0 Å². The molecule has 1 fully saturated rings. The van der Waals surface area contributed by atoms with Gasteiger partial charge >= 0.3 is 11.9 Å². The fourth-order valence-corrected chi connectivity index (χ4v) is 7.03. The van der Waals surface area contributed by atoms with Crippen molar-refractivity contribution in [2.45, 2.75) is 47.2 Å². The van der Waals surface area contributed by atoms with Crippen LogP contribution in [0.1, 0.15) is 54.8 Å². The van der Waals surface area contributed by atoms with Crippen molar-refractivity contribution >= 4 is 69.0 Å². The van der Waals surface area contributed by atoms with E-state index in [0.29, 0.717) is 89.9 Å². The number of H-pyrrole nitrogens is 1. The molecule has 0 aliphatic carbocycles. The highest BCUT2D eigenvalue weighted by atomic mass is 16.5. The average molecular weight is 898 g/mol. The Labute approximate surface area is 377 Å². The van der Waals surface area contributed by atoms with Crippen molar-refractivity contribution in [2.24, 2.45) is 27.2 Å². The molecule has 65 heavy (non-hydrogen) atoms. The molecule has 21 nitrogen and oxygen atoms in total. The lowest BCUT2D eigenvalue weighted by molar-refractivity contribution is -0.646. The van der Waals surface area contributed by atoms with Gasteiger partial charge in [-0.3, -0.25) is 39.6 Å². The number of morpholine rings is 1. The number of aromatic nitrogens is 4. The number of carbonyl (C=O) groups is 4. The van der Waals surface area contributed by atoms with E-state index in [1.807, 2.05) is 23.6 Å². The molecule has 2 aromatic carbocycles. The van der Waals surface area contributed by atoms with E-state index in [4.69, 9.17) is 31.4 Å². The Bertz CT molecular complexity index is 2540. The van der Waals surface area contributed by atoms with Crippen molar-refractivity contribution in [2.75, 3.05) is 84.4 Å². The van der Waals surface area contributed by atoms with Crippen LogP contribution in [0.15, 0.2) is 69.9 Å². The average Bonchev–Trinajstić information content (AvgIpc) is 3.81. The fourth-order valence-electron chi connectivity index (χ4n) is 7.03. The second kappa shape index (κ2) is 23.0. The zero-order chi connectivity index (χ0) is 47.2. The molecule has 3 heterocycles. The molecule has 348 valence electrons. The predicted octanol–water partition coefficient (Wildman–Crippen LogP) is 2.00. The first-order valence-corrected chi connectivity index (χ1v) is 21.3. The topological polar surface area (TPSA) is 279 Å². The molecule has 21 heteroatoms. The maximum atomic E-state index is 13.8. The molecule has 0 spiro atoms. The number of rotatable bonds is 21. The van der Waals surface area contributed by atoms with Gasteiger partial charge in [0.15, 0.2) is 11.3 Å². The highest BCUT2D eigenvalue weighted by Gasteiger charge is 2.27. The lowest BCUT2D eigenvalue weighted by Gasteiger charge is -2.26. The van der Waals surface area contributed by atoms with E-state index in [2.05, 4.69) is 40.9 Å². The van der Waals surface area contributed by atoms with Gasteiger partial charge < -0.3 is 36.0 Å². The number of primary amides is 1. The Morgan fingerprint density at radius 2 is 1.58 bits per heavy atom. The van der Waals surface area contributed by atoms with Crippen LogP contribution in [0.25, 0.3) is 22.1 Å². The molecule has 0 atom stereocenters. The van der Waals surface area contributed by atoms with E-state index in [1.165, 1.54) is 36.4 Å². The molecule has 0 radical (unpaired) electrons. The maximum absolute atomic E-state index is 13.8. The second-order valence-corrected chi connectivity index (χ2v) is 15.0. The molecule has 0 bridgehead atoms. The lowest BCUT2D eigenvalue weighted by atomic mass is 10.1. The fraction of sp³-hybridized carbons (Fsp3) is 0.409. The molecular weight excluding hydrogens is 837 g/mol. The van der Waals surface area contributed by atoms with Gasteiger partial charge in [-0.15, -0.1) is 0 Å². The second-order valence-electron chi connectivity index (χ2n) is 15.0. The van der Waals surface area contributed by atoms with Crippen LogP contribution in [0.5, 0.6) is 11.5 Å². The number of methoxy groups -OCH3 is 1. The number of ether oxygens (including phenoxy) is 3. The van der Waals surface area contributed by atoms with Gasteiger partial charge in [-0.25, -0.2) is 30.1 Å². The Balaban J connectivity index is 1.60. The Kier molecular flexibility index (Phi) is 17.3. The number of amides is 4. The summed E-state index contributed by atoms with van der Waals surface area (Å²) in [6, 6.07) is 6.41. The van der Waals surface area contributed by atoms with E-state index in [9.17, 15) is 19.2 Å². The minimum Gasteiger partial charge on any atom is -0.494 e. The standard InChI is InChI=1S/C44H60N14O7/c1-8-49-33(21-27(3)45)40(60)53-43-51-31-23-29(39(47)59)25-35(63-7)37(31)57(43)14-10-11-15-58-38-32(52-44(58)54-41(61)34(50-9-2)22-28(4)46)24-30(42(62)55(6)48-5)26-36(38)65-18-12-13-56-16-19-64-20-17-56/h10-11,21-26,48H,8-9,12-20H2,1-7H3,(H8,45,46,47,49,50,51,52,53,54,59,60,61)/p+1/b11-10+. The molecule has 10 N–H and O–H groups in total. The largest absolute Gasteiger partial charge is 0.494 e. The minimum atomic E-state index is -0.682. The van der Waals surface area contributed by atoms with Crippen LogP contribution in [0.2, 0.25) is 0 Å². The molecule has 1 saturated heterocycles. The first-order valence-electron chi connectivity index (χ1n) is 21.3. The zero-order valence-electron chi connectivity index (χ0n) is 38.1. The van der Waals surface area contributed by atoms with Crippen LogP contribution in [0, 0.1) is 0 Å². The summed E-state index contributed by atoms with van der Waals surface area (Å²) >= 11 is 0. The number of hydrogen-bond donors (Lipinski definition) is 7. The molecule has 5 rings (SSSR count). The van der Waals surface area contributed by atoms with Crippen LogP contribution in [0.3, 0.4) is 0 Å². The minimum absolute atomic E-state index is 0.0996. The van der Waals surface area contributed by atoms with E-state index in [0.717, 1.165) is 19.6 Å². The van der Waals surface area contributed by atoms with E-state index < -0.39 is 17.7 Å².